The Labute approximate surface area is 143 Å². The van der Waals surface area contributed by atoms with Gasteiger partial charge < -0.3 is 14.9 Å². The molecule has 4 heteroatoms. The van der Waals surface area contributed by atoms with Crippen LogP contribution in [-0.2, 0) is 0 Å². The number of phenolic OH excluding ortho intramolecular Hbond substituents is 1. The molecule has 0 bridgehead atoms. The average molecular weight is 324 g/mol. The minimum Gasteiger partial charge on any atom is -0.508 e. The lowest BCUT2D eigenvalue weighted by molar-refractivity contribution is 0.0763. The smallest absolute Gasteiger partial charge is 0.253 e. The Bertz CT molecular complexity index is 725. The Morgan fingerprint density at radius 2 is 1.75 bits per heavy atom. The minimum absolute atomic E-state index is 0.102. The summed E-state index contributed by atoms with van der Waals surface area (Å²) in [5, 5.41) is 9.47. The second-order valence-corrected chi connectivity index (χ2v) is 6.53. The molecule has 1 saturated heterocycles. The second-order valence-electron chi connectivity index (χ2n) is 6.53. The maximum atomic E-state index is 12.9. The molecule has 0 spiro atoms. The van der Waals surface area contributed by atoms with Crippen molar-refractivity contribution < 1.29 is 9.90 Å². The summed E-state index contributed by atoms with van der Waals surface area (Å²) in [7, 11) is 2.10. The number of hydrogen-bond donors (Lipinski definition) is 1. The summed E-state index contributed by atoms with van der Waals surface area (Å²) in [5.41, 5.74) is 3.89. The highest BCUT2D eigenvalue weighted by molar-refractivity contribution is 5.95. The molecule has 1 N–H and O–H groups in total. The molecule has 0 unspecified atom stereocenters. The third-order valence-corrected chi connectivity index (χ3v) is 4.67. The van der Waals surface area contributed by atoms with Crippen LogP contribution in [0, 0.1) is 6.92 Å². The summed E-state index contributed by atoms with van der Waals surface area (Å²) >= 11 is 0. The fraction of sp³-hybridized carbons (Fsp3) is 0.350. The summed E-state index contributed by atoms with van der Waals surface area (Å²) in [5.74, 6) is 0.350. The number of nitrogens with zero attached hydrogens (tertiary/aromatic N) is 2. The van der Waals surface area contributed by atoms with Gasteiger partial charge in [0, 0.05) is 25.2 Å². The van der Waals surface area contributed by atoms with Crippen molar-refractivity contribution in [3.63, 3.8) is 0 Å². The fourth-order valence-corrected chi connectivity index (χ4v) is 3.14. The Hall–Kier alpha value is -2.33. The van der Waals surface area contributed by atoms with Crippen LogP contribution in [0.15, 0.2) is 42.5 Å². The van der Waals surface area contributed by atoms with Crippen LogP contribution < -0.4 is 0 Å². The highest BCUT2D eigenvalue weighted by Gasteiger charge is 2.19. The van der Waals surface area contributed by atoms with Crippen molar-refractivity contribution in [3.05, 3.63) is 53.6 Å². The summed E-state index contributed by atoms with van der Waals surface area (Å²) < 4.78 is 0. The number of phenols is 1. The van der Waals surface area contributed by atoms with E-state index in [9.17, 15) is 9.90 Å². The van der Waals surface area contributed by atoms with Crippen molar-refractivity contribution in [1.82, 2.24) is 9.80 Å². The third kappa shape index (κ3) is 3.60. The standard InChI is InChI=1S/C20H24N2O2/c1-15-4-5-17(14-19(15)16-6-8-18(23)9-7-16)20(24)22-11-3-10-21(2)12-13-22/h4-9,14,23H,3,10-13H2,1-2H3. The van der Waals surface area contributed by atoms with Gasteiger partial charge in [0.1, 0.15) is 5.75 Å². The van der Waals surface area contributed by atoms with E-state index in [0.29, 0.717) is 0 Å². The first-order valence-electron chi connectivity index (χ1n) is 8.42. The van der Waals surface area contributed by atoms with E-state index < -0.39 is 0 Å². The van der Waals surface area contributed by atoms with E-state index >= 15 is 0 Å². The molecule has 0 saturated carbocycles. The van der Waals surface area contributed by atoms with Crippen LogP contribution in [0.25, 0.3) is 11.1 Å². The molecule has 1 aliphatic rings. The number of carbonyl (C=O) groups is 1. The molecule has 0 radical (unpaired) electrons. The number of rotatable bonds is 2. The number of carbonyl (C=O) groups excluding carboxylic acids is 1. The van der Waals surface area contributed by atoms with Gasteiger partial charge in [0.25, 0.3) is 5.91 Å². The highest BCUT2D eigenvalue weighted by Crippen LogP contribution is 2.27. The van der Waals surface area contributed by atoms with Crippen LogP contribution in [0.5, 0.6) is 5.75 Å². The summed E-state index contributed by atoms with van der Waals surface area (Å²) in [6, 6.07) is 13.0. The predicted octanol–water partition coefficient (Wildman–Crippen LogP) is 3.15. The van der Waals surface area contributed by atoms with Crippen molar-refractivity contribution in [2.24, 2.45) is 0 Å². The zero-order valence-corrected chi connectivity index (χ0v) is 14.3. The number of aromatic hydroxyl groups is 1. The summed E-state index contributed by atoms with van der Waals surface area (Å²) in [4.78, 5) is 17.1. The molecule has 1 amide bonds. The first kappa shape index (κ1) is 16.5. The topological polar surface area (TPSA) is 43.8 Å². The van der Waals surface area contributed by atoms with Crippen LogP contribution in [0.1, 0.15) is 22.3 Å². The quantitative estimate of drug-likeness (QED) is 0.923. The molecule has 1 aliphatic heterocycles. The number of hydrogen-bond acceptors (Lipinski definition) is 3. The molecule has 2 aromatic carbocycles. The van der Waals surface area contributed by atoms with Gasteiger partial charge >= 0.3 is 0 Å². The third-order valence-electron chi connectivity index (χ3n) is 4.67. The van der Waals surface area contributed by atoms with Crippen LogP contribution in [-0.4, -0.2) is 54.0 Å². The van der Waals surface area contributed by atoms with Gasteiger partial charge in [0.2, 0.25) is 0 Å². The molecular formula is C20H24N2O2. The maximum absolute atomic E-state index is 12.9. The van der Waals surface area contributed by atoms with Gasteiger partial charge in [-0.15, -0.1) is 0 Å². The van der Waals surface area contributed by atoms with Crippen LogP contribution in [0.3, 0.4) is 0 Å². The van der Waals surface area contributed by atoms with Crippen LogP contribution in [0.2, 0.25) is 0 Å². The Morgan fingerprint density at radius 1 is 1.00 bits per heavy atom. The van der Waals surface area contributed by atoms with E-state index in [1.807, 2.05) is 42.2 Å². The zero-order valence-electron chi connectivity index (χ0n) is 14.3. The van der Waals surface area contributed by atoms with Gasteiger partial charge in [-0.1, -0.05) is 18.2 Å². The molecular weight excluding hydrogens is 300 g/mol. The summed E-state index contributed by atoms with van der Waals surface area (Å²) in [6.45, 7) is 5.58. The Balaban J connectivity index is 1.87. The minimum atomic E-state index is 0.102. The first-order valence-corrected chi connectivity index (χ1v) is 8.42. The van der Waals surface area contributed by atoms with Gasteiger partial charge in [-0.25, -0.2) is 0 Å². The Kier molecular flexibility index (Phi) is 4.86. The van der Waals surface area contributed by atoms with Gasteiger partial charge in [-0.3, -0.25) is 4.79 Å². The van der Waals surface area contributed by atoms with E-state index in [-0.39, 0.29) is 11.7 Å². The molecule has 4 nitrogen and oxygen atoms in total. The van der Waals surface area contributed by atoms with E-state index in [2.05, 4.69) is 11.9 Å². The predicted molar refractivity (Wildman–Crippen MR) is 96.3 cm³/mol. The fourth-order valence-electron chi connectivity index (χ4n) is 3.14. The summed E-state index contributed by atoms with van der Waals surface area (Å²) in [6.07, 6.45) is 1.01. The molecule has 126 valence electrons. The zero-order chi connectivity index (χ0) is 17.1. The first-order chi connectivity index (χ1) is 11.5. The Morgan fingerprint density at radius 3 is 2.50 bits per heavy atom. The number of amides is 1. The van der Waals surface area contributed by atoms with E-state index in [1.54, 1.807) is 12.1 Å². The average Bonchev–Trinajstić information content (AvgIpc) is 2.80. The van der Waals surface area contributed by atoms with Gasteiger partial charge in [0.15, 0.2) is 0 Å². The lowest BCUT2D eigenvalue weighted by atomic mass is 9.97. The molecule has 24 heavy (non-hydrogen) atoms. The largest absolute Gasteiger partial charge is 0.508 e. The monoisotopic (exact) mass is 324 g/mol. The molecule has 0 atom stereocenters. The molecule has 1 heterocycles. The van der Waals surface area contributed by atoms with E-state index in [4.69, 9.17) is 0 Å². The normalized spacial score (nSPS) is 16.0. The van der Waals surface area contributed by atoms with Crippen molar-refractivity contribution in [3.8, 4) is 16.9 Å². The van der Waals surface area contributed by atoms with Gasteiger partial charge in [0.05, 0.1) is 0 Å². The maximum Gasteiger partial charge on any atom is 0.253 e. The highest BCUT2D eigenvalue weighted by atomic mass is 16.3. The van der Waals surface area contributed by atoms with Crippen molar-refractivity contribution >= 4 is 5.91 Å². The SMILES string of the molecule is Cc1ccc(C(=O)N2CCCN(C)CC2)cc1-c1ccc(O)cc1. The number of benzene rings is 2. The number of aryl methyl sites for hydroxylation is 1. The molecule has 2 aromatic rings. The van der Waals surface area contributed by atoms with Crippen LogP contribution >= 0.6 is 0 Å². The van der Waals surface area contributed by atoms with Gasteiger partial charge in [-0.2, -0.15) is 0 Å². The lowest BCUT2D eigenvalue weighted by Gasteiger charge is -2.21. The van der Waals surface area contributed by atoms with E-state index in [1.165, 1.54) is 0 Å². The van der Waals surface area contributed by atoms with E-state index in [0.717, 1.165) is 54.9 Å². The lowest BCUT2D eigenvalue weighted by Crippen LogP contribution is -2.34. The van der Waals surface area contributed by atoms with Crippen molar-refractivity contribution in [2.45, 2.75) is 13.3 Å². The molecule has 0 aromatic heterocycles. The molecule has 3 rings (SSSR count). The van der Waals surface area contributed by atoms with Crippen molar-refractivity contribution in [2.75, 3.05) is 33.2 Å². The van der Waals surface area contributed by atoms with Gasteiger partial charge in [-0.05, 0) is 67.9 Å². The van der Waals surface area contributed by atoms with Crippen molar-refractivity contribution in [1.29, 1.82) is 0 Å². The number of likely N-dealkylation sites (N-methyl/N-ethyl adjacent to an activating group) is 1. The second kappa shape index (κ2) is 7.05. The molecule has 0 aliphatic carbocycles. The molecule has 1 fully saturated rings. The van der Waals surface area contributed by atoms with Crippen LogP contribution in [0.4, 0.5) is 0 Å².